The molecule has 1 N–H and O–H groups in total. The van der Waals surface area contributed by atoms with Gasteiger partial charge in [-0.25, -0.2) is 8.42 Å². The molecule has 6 heteroatoms. The third-order valence-corrected chi connectivity index (χ3v) is 9.19. The van der Waals surface area contributed by atoms with Gasteiger partial charge in [0, 0.05) is 29.7 Å². The van der Waals surface area contributed by atoms with E-state index >= 15 is 0 Å². The first kappa shape index (κ1) is 20.1. The fourth-order valence-corrected chi connectivity index (χ4v) is 6.90. The maximum absolute atomic E-state index is 13.3. The summed E-state index contributed by atoms with van der Waals surface area (Å²) in [6.45, 7) is 3.41. The summed E-state index contributed by atoms with van der Waals surface area (Å²) in [6, 6.07) is 13.7. The number of halogens is 1. The van der Waals surface area contributed by atoms with Gasteiger partial charge in [-0.1, -0.05) is 48.9 Å². The standard InChI is InChI=1S/C24H27ClN2O2S/c1-16-11-13-27(14-12-16)30(28,29)17-9-10-23-21(15-17)18-6-4-7-19(18)24(26-23)20-5-2-3-8-22(20)25/h2-6,8-10,15-16,18-19,24,26H,7,11-14H2,1H3. The maximum atomic E-state index is 13.3. The summed E-state index contributed by atoms with van der Waals surface area (Å²) < 4.78 is 28.2. The summed E-state index contributed by atoms with van der Waals surface area (Å²) in [4.78, 5) is 0.410. The van der Waals surface area contributed by atoms with Crippen molar-refractivity contribution in [1.82, 2.24) is 4.31 Å². The molecule has 2 aromatic carbocycles. The van der Waals surface area contributed by atoms with Crippen molar-refractivity contribution >= 4 is 27.3 Å². The molecule has 30 heavy (non-hydrogen) atoms. The average molecular weight is 443 g/mol. The van der Waals surface area contributed by atoms with Crippen LogP contribution in [-0.4, -0.2) is 25.8 Å². The lowest BCUT2D eigenvalue weighted by Gasteiger charge is -2.38. The monoisotopic (exact) mass is 442 g/mol. The van der Waals surface area contributed by atoms with E-state index in [0.717, 1.165) is 41.1 Å². The summed E-state index contributed by atoms with van der Waals surface area (Å²) >= 11 is 6.51. The second-order valence-electron chi connectivity index (χ2n) is 8.83. The van der Waals surface area contributed by atoms with Gasteiger partial charge in [0.1, 0.15) is 0 Å². The van der Waals surface area contributed by atoms with Gasteiger partial charge in [-0.05, 0) is 66.5 Å². The molecule has 3 unspecified atom stereocenters. The van der Waals surface area contributed by atoms with Crippen molar-refractivity contribution in [1.29, 1.82) is 0 Å². The molecule has 0 saturated carbocycles. The average Bonchev–Trinajstić information content (AvgIpc) is 3.24. The summed E-state index contributed by atoms with van der Waals surface area (Å²) in [5, 5.41) is 4.42. The molecule has 3 aliphatic rings. The highest BCUT2D eigenvalue weighted by molar-refractivity contribution is 7.89. The predicted octanol–water partition coefficient (Wildman–Crippen LogP) is 5.59. The second-order valence-corrected chi connectivity index (χ2v) is 11.2. The zero-order chi connectivity index (χ0) is 20.9. The van der Waals surface area contributed by atoms with Crippen molar-refractivity contribution in [3.8, 4) is 0 Å². The fraction of sp³-hybridized carbons (Fsp3) is 0.417. The minimum absolute atomic E-state index is 0.109. The number of rotatable bonds is 3. The van der Waals surface area contributed by atoms with Crippen molar-refractivity contribution in [2.45, 2.75) is 43.0 Å². The number of fused-ring (bicyclic) bond motifs is 3. The van der Waals surface area contributed by atoms with Gasteiger partial charge >= 0.3 is 0 Å². The van der Waals surface area contributed by atoms with Crippen LogP contribution in [0.1, 0.15) is 49.3 Å². The van der Waals surface area contributed by atoms with Crippen molar-refractivity contribution in [2.24, 2.45) is 11.8 Å². The van der Waals surface area contributed by atoms with Crippen LogP contribution in [0.3, 0.4) is 0 Å². The molecule has 0 bridgehead atoms. The van der Waals surface area contributed by atoms with E-state index in [9.17, 15) is 8.42 Å². The van der Waals surface area contributed by atoms with E-state index in [-0.39, 0.29) is 12.0 Å². The van der Waals surface area contributed by atoms with Crippen LogP contribution in [0.2, 0.25) is 5.02 Å². The minimum Gasteiger partial charge on any atom is -0.378 e. The van der Waals surface area contributed by atoms with Crippen molar-refractivity contribution < 1.29 is 8.42 Å². The lowest BCUT2D eigenvalue weighted by Crippen LogP contribution is -2.38. The third-order valence-electron chi connectivity index (χ3n) is 6.95. The molecule has 0 aromatic heterocycles. The Bertz CT molecular complexity index is 1090. The molecule has 1 aliphatic carbocycles. The van der Waals surface area contributed by atoms with E-state index in [2.05, 4.69) is 30.5 Å². The molecule has 2 heterocycles. The SMILES string of the molecule is CC1CCN(S(=O)(=O)c2ccc3c(c2)C2C=CCC2C(c2ccccc2Cl)N3)CC1. The van der Waals surface area contributed by atoms with Crippen LogP contribution in [-0.2, 0) is 10.0 Å². The van der Waals surface area contributed by atoms with E-state index in [0.29, 0.717) is 29.8 Å². The van der Waals surface area contributed by atoms with E-state index in [1.54, 1.807) is 10.4 Å². The fourth-order valence-electron chi connectivity index (χ4n) is 5.14. The molecule has 0 radical (unpaired) electrons. The number of piperidine rings is 1. The van der Waals surface area contributed by atoms with E-state index in [1.807, 2.05) is 30.3 Å². The Morgan fingerprint density at radius 1 is 1.07 bits per heavy atom. The summed E-state index contributed by atoms with van der Waals surface area (Å²) in [6.07, 6.45) is 7.25. The molecule has 0 amide bonds. The number of anilines is 1. The number of hydrogen-bond acceptors (Lipinski definition) is 3. The lowest BCUT2D eigenvalue weighted by atomic mass is 9.77. The Hall–Kier alpha value is -1.82. The molecule has 2 aromatic rings. The van der Waals surface area contributed by atoms with Gasteiger partial charge < -0.3 is 5.32 Å². The summed E-state index contributed by atoms with van der Waals surface area (Å²) in [5.41, 5.74) is 3.17. The quantitative estimate of drug-likeness (QED) is 0.630. The van der Waals surface area contributed by atoms with Crippen LogP contribution in [0.4, 0.5) is 5.69 Å². The summed E-state index contributed by atoms with van der Waals surface area (Å²) in [5.74, 6) is 1.11. The number of benzene rings is 2. The first-order chi connectivity index (χ1) is 14.4. The Kier molecular flexibility index (Phi) is 5.16. The smallest absolute Gasteiger partial charge is 0.243 e. The van der Waals surface area contributed by atoms with E-state index in [1.165, 1.54) is 0 Å². The second kappa shape index (κ2) is 7.70. The molecular formula is C24H27ClN2O2S. The van der Waals surface area contributed by atoms with Crippen LogP contribution in [0, 0.1) is 11.8 Å². The highest BCUT2D eigenvalue weighted by atomic mass is 35.5. The van der Waals surface area contributed by atoms with Crippen LogP contribution in [0.5, 0.6) is 0 Å². The Morgan fingerprint density at radius 2 is 1.83 bits per heavy atom. The van der Waals surface area contributed by atoms with Crippen molar-refractivity contribution in [2.75, 3.05) is 18.4 Å². The molecule has 158 valence electrons. The van der Waals surface area contributed by atoms with Gasteiger partial charge in [0.25, 0.3) is 0 Å². The van der Waals surface area contributed by atoms with Gasteiger partial charge in [0.05, 0.1) is 10.9 Å². The first-order valence-electron chi connectivity index (χ1n) is 10.8. The van der Waals surface area contributed by atoms with Crippen molar-refractivity contribution in [3.63, 3.8) is 0 Å². The number of sulfonamides is 1. The minimum atomic E-state index is -3.46. The van der Waals surface area contributed by atoms with Crippen LogP contribution < -0.4 is 5.32 Å². The molecule has 0 spiro atoms. The van der Waals surface area contributed by atoms with Gasteiger partial charge in [-0.3, -0.25) is 0 Å². The zero-order valence-electron chi connectivity index (χ0n) is 17.1. The largest absolute Gasteiger partial charge is 0.378 e. The molecule has 5 rings (SSSR count). The van der Waals surface area contributed by atoms with Crippen LogP contribution in [0.15, 0.2) is 59.5 Å². The molecule has 3 atom stereocenters. The Balaban J connectivity index is 1.50. The molecule has 1 fully saturated rings. The maximum Gasteiger partial charge on any atom is 0.243 e. The number of allylic oxidation sites excluding steroid dienone is 2. The zero-order valence-corrected chi connectivity index (χ0v) is 18.7. The first-order valence-corrected chi connectivity index (χ1v) is 12.6. The number of nitrogens with one attached hydrogen (secondary N) is 1. The van der Waals surface area contributed by atoms with E-state index < -0.39 is 10.0 Å². The molecular weight excluding hydrogens is 416 g/mol. The Labute approximate surface area is 184 Å². The molecule has 1 saturated heterocycles. The number of nitrogens with zero attached hydrogens (tertiary/aromatic N) is 1. The summed E-state index contributed by atoms with van der Waals surface area (Å²) in [7, 11) is -3.46. The van der Waals surface area contributed by atoms with Gasteiger partial charge in [-0.15, -0.1) is 0 Å². The lowest BCUT2D eigenvalue weighted by molar-refractivity contribution is 0.288. The van der Waals surface area contributed by atoms with Gasteiger partial charge in [0.2, 0.25) is 10.0 Å². The normalized spacial score (nSPS) is 26.8. The third kappa shape index (κ3) is 3.37. The van der Waals surface area contributed by atoms with Gasteiger partial charge in [-0.2, -0.15) is 4.31 Å². The molecule has 2 aliphatic heterocycles. The van der Waals surface area contributed by atoms with Crippen LogP contribution >= 0.6 is 11.6 Å². The predicted molar refractivity (Wildman–Crippen MR) is 121 cm³/mol. The molecule has 4 nitrogen and oxygen atoms in total. The number of hydrogen-bond donors (Lipinski definition) is 1. The van der Waals surface area contributed by atoms with Crippen molar-refractivity contribution in [3.05, 3.63) is 70.8 Å². The Morgan fingerprint density at radius 3 is 2.60 bits per heavy atom. The van der Waals surface area contributed by atoms with E-state index in [4.69, 9.17) is 11.6 Å². The van der Waals surface area contributed by atoms with Gasteiger partial charge in [0.15, 0.2) is 0 Å². The van der Waals surface area contributed by atoms with Crippen LogP contribution in [0.25, 0.3) is 0 Å². The topological polar surface area (TPSA) is 49.4 Å². The highest BCUT2D eigenvalue weighted by Crippen LogP contribution is 2.51. The highest BCUT2D eigenvalue weighted by Gasteiger charge is 2.39.